The van der Waals surface area contributed by atoms with Gasteiger partial charge in [0.1, 0.15) is 11.8 Å². The molecule has 3 aromatic rings. The molecule has 8 nitrogen and oxygen atoms in total. The molecular formula is C19H16N6O2. The zero-order valence-corrected chi connectivity index (χ0v) is 14.4. The van der Waals surface area contributed by atoms with Gasteiger partial charge in [-0.1, -0.05) is 12.1 Å². The first-order valence-electron chi connectivity index (χ1n) is 8.54. The van der Waals surface area contributed by atoms with Crippen LogP contribution >= 0.6 is 0 Å². The number of aromatic nitrogens is 4. The molecule has 1 heterocycles. The lowest BCUT2D eigenvalue weighted by Gasteiger charge is -2.09. The minimum atomic E-state index is -0.307. The average Bonchev–Trinajstić information content (AvgIpc) is 3.44. The second-order valence-electron chi connectivity index (χ2n) is 6.20. The van der Waals surface area contributed by atoms with Crippen LogP contribution in [0.5, 0.6) is 5.75 Å². The zero-order chi connectivity index (χ0) is 18.6. The van der Waals surface area contributed by atoms with Gasteiger partial charge in [-0.05, 0) is 59.7 Å². The van der Waals surface area contributed by atoms with Crippen LogP contribution in [0.4, 0.5) is 5.69 Å². The van der Waals surface area contributed by atoms with Gasteiger partial charge in [0.05, 0.1) is 11.6 Å². The number of ether oxygens (including phenoxy) is 1. The summed E-state index contributed by atoms with van der Waals surface area (Å²) in [6.45, 7) is -0.180. The number of rotatable bonds is 6. The van der Waals surface area contributed by atoms with E-state index in [-0.39, 0.29) is 12.5 Å². The summed E-state index contributed by atoms with van der Waals surface area (Å²) in [5, 5.41) is 23.7. The fourth-order valence-electron chi connectivity index (χ4n) is 2.68. The molecule has 0 atom stereocenters. The van der Waals surface area contributed by atoms with E-state index in [9.17, 15) is 4.79 Å². The second-order valence-corrected chi connectivity index (χ2v) is 6.20. The molecule has 1 aliphatic rings. The molecule has 1 saturated carbocycles. The number of amides is 1. The molecule has 134 valence electrons. The van der Waals surface area contributed by atoms with Crippen molar-refractivity contribution in [3.8, 4) is 23.2 Å². The lowest BCUT2D eigenvalue weighted by molar-refractivity contribution is -0.118. The molecule has 0 spiro atoms. The summed E-state index contributed by atoms with van der Waals surface area (Å²) in [4.78, 5) is 12.1. The largest absolute Gasteiger partial charge is 0.482 e. The van der Waals surface area contributed by atoms with E-state index in [4.69, 9.17) is 10.00 Å². The molecular weight excluding hydrogens is 344 g/mol. The van der Waals surface area contributed by atoms with E-state index in [2.05, 4.69) is 20.8 Å². The fraction of sp³-hybridized carbons (Fsp3) is 0.211. The van der Waals surface area contributed by atoms with Crippen LogP contribution in [-0.4, -0.2) is 32.7 Å². The number of benzene rings is 2. The highest BCUT2D eigenvalue weighted by atomic mass is 16.5. The van der Waals surface area contributed by atoms with Crippen molar-refractivity contribution in [2.24, 2.45) is 0 Å². The molecule has 1 fully saturated rings. The van der Waals surface area contributed by atoms with E-state index in [1.807, 2.05) is 22.9 Å². The van der Waals surface area contributed by atoms with Gasteiger partial charge in [0.15, 0.2) is 12.4 Å². The SMILES string of the molecule is N#Cc1ccccc1OCC(=O)Nc1ccc(-c2nnnn2C2CC2)cc1. The molecule has 0 saturated heterocycles. The smallest absolute Gasteiger partial charge is 0.262 e. The van der Waals surface area contributed by atoms with Crippen LogP contribution in [0.3, 0.4) is 0 Å². The minimum absolute atomic E-state index is 0.180. The Hall–Kier alpha value is -3.73. The number of para-hydroxylation sites is 1. The molecule has 8 heteroatoms. The summed E-state index contributed by atoms with van der Waals surface area (Å²) < 4.78 is 7.27. The van der Waals surface area contributed by atoms with E-state index in [1.165, 1.54) is 0 Å². The van der Waals surface area contributed by atoms with E-state index in [1.54, 1.807) is 36.4 Å². The maximum Gasteiger partial charge on any atom is 0.262 e. The topological polar surface area (TPSA) is 106 Å². The highest BCUT2D eigenvalue weighted by molar-refractivity contribution is 5.92. The van der Waals surface area contributed by atoms with Crippen LogP contribution in [0, 0.1) is 11.3 Å². The average molecular weight is 360 g/mol. The number of nitriles is 1. The van der Waals surface area contributed by atoms with Gasteiger partial charge < -0.3 is 10.1 Å². The van der Waals surface area contributed by atoms with Crippen LogP contribution in [0.25, 0.3) is 11.4 Å². The third kappa shape index (κ3) is 3.77. The Bertz CT molecular complexity index is 1000. The Morgan fingerprint density at radius 1 is 1.22 bits per heavy atom. The third-order valence-corrected chi connectivity index (χ3v) is 4.18. The van der Waals surface area contributed by atoms with Gasteiger partial charge in [0, 0.05) is 11.3 Å². The molecule has 0 bridgehead atoms. The number of nitrogens with zero attached hydrogens (tertiary/aromatic N) is 5. The van der Waals surface area contributed by atoms with Crippen LogP contribution in [0.2, 0.25) is 0 Å². The van der Waals surface area contributed by atoms with Crippen LogP contribution < -0.4 is 10.1 Å². The predicted molar refractivity (Wildman–Crippen MR) is 96.8 cm³/mol. The standard InChI is InChI=1S/C19H16N6O2/c20-11-14-3-1-2-4-17(14)27-12-18(26)21-15-7-5-13(6-8-15)19-22-23-24-25(19)16-9-10-16/h1-8,16H,9-10,12H2,(H,21,26). The lowest BCUT2D eigenvalue weighted by Crippen LogP contribution is -2.20. The van der Waals surface area contributed by atoms with Crippen molar-refractivity contribution < 1.29 is 9.53 Å². The van der Waals surface area contributed by atoms with Gasteiger partial charge in [-0.2, -0.15) is 5.26 Å². The summed E-state index contributed by atoms with van der Waals surface area (Å²) in [5.41, 5.74) is 1.93. The number of hydrogen-bond donors (Lipinski definition) is 1. The minimum Gasteiger partial charge on any atom is -0.482 e. The molecule has 4 rings (SSSR count). The number of anilines is 1. The Morgan fingerprint density at radius 3 is 2.74 bits per heavy atom. The van der Waals surface area contributed by atoms with E-state index in [0.717, 1.165) is 24.2 Å². The summed E-state index contributed by atoms with van der Waals surface area (Å²) in [6.07, 6.45) is 2.20. The Balaban J connectivity index is 1.37. The Labute approximate surface area is 155 Å². The third-order valence-electron chi connectivity index (χ3n) is 4.18. The van der Waals surface area contributed by atoms with Crippen LogP contribution in [-0.2, 0) is 4.79 Å². The van der Waals surface area contributed by atoms with Gasteiger partial charge in [0.2, 0.25) is 0 Å². The van der Waals surface area contributed by atoms with Gasteiger partial charge in [-0.25, -0.2) is 4.68 Å². The fourth-order valence-corrected chi connectivity index (χ4v) is 2.68. The highest BCUT2D eigenvalue weighted by Crippen LogP contribution is 2.36. The maximum absolute atomic E-state index is 12.1. The number of carbonyl (C=O) groups is 1. The molecule has 1 aliphatic carbocycles. The van der Waals surface area contributed by atoms with E-state index in [0.29, 0.717) is 23.0 Å². The van der Waals surface area contributed by atoms with Crippen molar-refractivity contribution >= 4 is 11.6 Å². The molecule has 2 aromatic carbocycles. The molecule has 1 amide bonds. The van der Waals surface area contributed by atoms with Crippen molar-refractivity contribution in [3.05, 3.63) is 54.1 Å². The second kappa shape index (κ2) is 7.25. The number of hydrogen-bond acceptors (Lipinski definition) is 6. The molecule has 27 heavy (non-hydrogen) atoms. The number of carbonyl (C=O) groups excluding carboxylic acids is 1. The van der Waals surface area contributed by atoms with Gasteiger partial charge in [-0.15, -0.1) is 5.10 Å². The van der Waals surface area contributed by atoms with E-state index < -0.39 is 0 Å². The Kier molecular flexibility index (Phi) is 4.49. The summed E-state index contributed by atoms with van der Waals surface area (Å²) in [7, 11) is 0. The molecule has 0 aliphatic heterocycles. The summed E-state index contributed by atoms with van der Waals surface area (Å²) in [6, 6.07) is 16.5. The number of nitrogens with one attached hydrogen (secondary N) is 1. The van der Waals surface area contributed by atoms with Crippen molar-refractivity contribution in [3.63, 3.8) is 0 Å². The van der Waals surface area contributed by atoms with Gasteiger partial charge in [-0.3, -0.25) is 4.79 Å². The van der Waals surface area contributed by atoms with Crippen molar-refractivity contribution in [1.29, 1.82) is 5.26 Å². The first-order chi connectivity index (χ1) is 13.2. The van der Waals surface area contributed by atoms with Crippen molar-refractivity contribution in [1.82, 2.24) is 20.2 Å². The van der Waals surface area contributed by atoms with Crippen LogP contribution in [0.15, 0.2) is 48.5 Å². The Morgan fingerprint density at radius 2 is 2.00 bits per heavy atom. The highest BCUT2D eigenvalue weighted by Gasteiger charge is 2.28. The first kappa shape index (κ1) is 16.7. The van der Waals surface area contributed by atoms with Crippen LogP contribution in [0.1, 0.15) is 24.4 Å². The molecule has 0 unspecified atom stereocenters. The quantitative estimate of drug-likeness (QED) is 0.724. The number of tetrazole rings is 1. The van der Waals surface area contributed by atoms with Crippen molar-refractivity contribution in [2.45, 2.75) is 18.9 Å². The molecule has 1 N–H and O–H groups in total. The zero-order valence-electron chi connectivity index (χ0n) is 14.4. The first-order valence-corrected chi connectivity index (χ1v) is 8.54. The monoisotopic (exact) mass is 360 g/mol. The molecule has 0 radical (unpaired) electrons. The van der Waals surface area contributed by atoms with E-state index >= 15 is 0 Å². The molecule has 1 aromatic heterocycles. The van der Waals surface area contributed by atoms with Gasteiger partial charge in [0.25, 0.3) is 5.91 Å². The predicted octanol–water partition coefficient (Wildman–Crippen LogP) is 2.56. The normalized spacial score (nSPS) is 13.0. The summed E-state index contributed by atoms with van der Waals surface area (Å²) in [5.74, 6) is 0.808. The lowest BCUT2D eigenvalue weighted by atomic mass is 10.2. The van der Waals surface area contributed by atoms with Gasteiger partial charge >= 0.3 is 0 Å². The summed E-state index contributed by atoms with van der Waals surface area (Å²) >= 11 is 0. The van der Waals surface area contributed by atoms with Crippen molar-refractivity contribution in [2.75, 3.05) is 11.9 Å². The maximum atomic E-state index is 12.1.